The second-order valence-corrected chi connectivity index (χ2v) is 7.30. The number of nitrogens with zero attached hydrogens (tertiary/aromatic N) is 1. The number of hydrogen-bond acceptors (Lipinski definition) is 3. The van der Waals surface area contributed by atoms with Crippen LogP contribution in [0.2, 0.25) is 10.0 Å². The third kappa shape index (κ3) is 4.40. The summed E-state index contributed by atoms with van der Waals surface area (Å²) in [5.41, 5.74) is 1.66. The molecule has 3 rings (SSSR count). The van der Waals surface area contributed by atoms with Crippen molar-refractivity contribution in [2.75, 3.05) is 13.1 Å². The molecule has 0 spiro atoms. The molecule has 0 bridgehead atoms. The highest BCUT2D eigenvalue weighted by Crippen LogP contribution is 2.23. The Morgan fingerprint density at radius 1 is 1.19 bits per heavy atom. The van der Waals surface area contributed by atoms with E-state index in [0.29, 0.717) is 35.3 Å². The number of furan rings is 1. The second kappa shape index (κ2) is 8.14. The van der Waals surface area contributed by atoms with E-state index >= 15 is 0 Å². The van der Waals surface area contributed by atoms with Crippen LogP contribution >= 0.6 is 23.2 Å². The molecule has 26 heavy (non-hydrogen) atoms. The number of amides is 2. The van der Waals surface area contributed by atoms with Crippen LogP contribution in [0.1, 0.15) is 34.5 Å². The molecule has 0 unspecified atom stereocenters. The van der Waals surface area contributed by atoms with E-state index in [2.05, 4.69) is 5.32 Å². The van der Waals surface area contributed by atoms with Gasteiger partial charge in [0.2, 0.25) is 5.91 Å². The number of halogens is 2. The van der Waals surface area contributed by atoms with E-state index in [-0.39, 0.29) is 17.9 Å². The van der Waals surface area contributed by atoms with Gasteiger partial charge in [0.05, 0.1) is 22.7 Å². The topological polar surface area (TPSA) is 62.6 Å². The molecule has 7 heteroatoms. The van der Waals surface area contributed by atoms with Gasteiger partial charge < -0.3 is 14.6 Å². The number of piperidine rings is 1. The first kappa shape index (κ1) is 18.8. The molecule has 1 N–H and O–H groups in total. The van der Waals surface area contributed by atoms with Crippen molar-refractivity contribution < 1.29 is 14.0 Å². The third-order valence-corrected chi connectivity index (χ3v) is 5.33. The van der Waals surface area contributed by atoms with Crippen LogP contribution < -0.4 is 5.32 Å². The van der Waals surface area contributed by atoms with Crippen molar-refractivity contribution in [3.8, 4) is 0 Å². The Kier molecular flexibility index (Phi) is 5.89. The Hall–Kier alpha value is -1.98. The number of aryl methyl sites for hydroxylation is 1. The standard InChI is InChI=1S/C19H20Cl2N2O3/c1-12-6-9-26-18(12)19(25)22-14-4-7-23(8-5-14)17(24)11-13-2-3-15(20)16(21)10-13/h2-3,6,9-10,14H,4-5,7-8,11H2,1H3,(H,22,25). The van der Waals surface area contributed by atoms with Crippen molar-refractivity contribution >= 4 is 35.0 Å². The molecule has 138 valence electrons. The molecule has 2 heterocycles. The van der Waals surface area contributed by atoms with Crippen molar-refractivity contribution in [2.24, 2.45) is 0 Å². The molecule has 0 saturated carbocycles. The van der Waals surface area contributed by atoms with Crippen LogP contribution in [0.15, 0.2) is 34.9 Å². The highest BCUT2D eigenvalue weighted by Gasteiger charge is 2.25. The fraction of sp³-hybridized carbons (Fsp3) is 0.368. The number of carbonyl (C=O) groups is 2. The fourth-order valence-electron chi connectivity index (χ4n) is 3.07. The van der Waals surface area contributed by atoms with E-state index in [1.54, 1.807) is 18.2 Å². The Balaban J connectivity index is 1.50. The number of carbonyl (C=O) groups excluding carboxylic acids is 2. The van der Waals surface area contributed by atoms with Crippen molar-refractivity contribution in [3.63, 3.8) is 0 Å². The predicted octanol–water partition coefficient (Wildman–Crippen LogP) is 3.86. The van der Waals surface area contributed by atoms with E-state index in [0.717, 1.165) is 24.0 Å². The predicted molar refractivity (Wildman–Crippen MR) is 101 cm³/mol. The van der Waals surface area contributed by atoms with Crippen molar-refractivity contribution in [3.05, 3.63) is 57.5 Å². The Labute approximate surface area is 162 Å². The number of hydrogen-bond donors (Lipinski definition) is 1. The quantitative estimate of drug-likeness (QED) is 0.855. The highest BCUT2D eigenvalue weighted by molar-refractivity contribution is 6.42. The van der Waals surface area contributed by atoms with E-state index in [4.69, 9.17) is 27.6 Å². The van der Waals surface area contributed by atoms with Gasteiger partial charge in [0.1, 0.15) is 0 Å². The van der Waals surface area contributed by atoms with Crippen molar-refractivity contribution in [1.29, 1.82) is 0 Å². The zero-order valence-electron chi connectivity index (χ0n) is 14.4. The largest absolute Gasteiger partial charge is 0.459 e. The third-order valence-electron chi connectivity index (χ3n) is 4.59. The molecule has 2 amide bonds. The molecule has 1 aromatic carbocycles. The maximum Gasteiger partial charge on any atom is 0.287 e. The normalized spacial score (nSPS) is 15.1. The van der Waals surface area contributed by atoms with Crippen LogP contribution in [0.4, 0.5) is 0 Å². The summed E-state index contributed by atoms with van der Waals surface area (Å²) < 4.78 is 5.21. The van der Waals surface area contributed by atoms with E-state index in [1.165, 1.54) is 6.26 Å². The first-order valence-electron chi connectivity index (χ1n) is 8.50. The molecular weight excluding hydrogens is 375 g/mol. The molecule has 0 atom stereocenters. The minimum Gasteiger partial charge on any atom is -0.459 e. The summed E-state index contributed by atoms with van der Waals surface area (Å²) in [6.07, 6.45) is 3.24. The van der Waals surface area contributed by atoms with Gasteiger partial charge in [0, 0.05) is 24.7 Å². The smallest absolute Gasteiger partial charge is 0.287 e. The van der Waals surface area contributed by atoms with E-state index in [1.807, 2.05) is 17.9 Å². The van der Waals surface area contributed by atoms with Gasteiger partial charge in [-0.25, -0.2) is 0 Å². The molecule has 2 aromatic rings. The maximum atomic E-state index is 12.5. The average Bonchev–Trinajstić information content (AvgIpc) is 3.05. The maximum absolute atomic E-state index is 12.5. The van der Waals surface area contributed by atoms with Gasteiger partial charge in [-0.2, -0.15) is 0 Å². The summed E-state index contributed by atoms with van der Waals surface area (Å²) in [5, 5.41) is 3.91. The minimum atomic E-state index is -0.201. The van der Waals surface area contributed by atoms with Gasteiger partial charge in [-0.1, -0.05) is 29.3 Å². The molecule has 1 aliphatic heterocycles. The molecule has 1 aliphatic rings. The summed E-state index contributed by atoms with van der Waals surface area (Å²) in [5.74, 6) is 0.200. The summed E-state index contributed by atoms with van der Waals surface area (Å²) in [6.45, 7) is 3.06. The Morgan fingerprint density at radius 2 is 1.92 bits per heavy atom. The van der Waals surface area contributed by atoms with Crippen LogP contribution in [0.3, 0.4) is 0 Å². The fourth-order valence-corrected chi connectivity index (χ4v) is 3.39. The molecule has 1 saturated heterocycles. The molecule has 0 radical (unpaired) electrons. The lowest BCUT2D eigenvalue weighted by molar-refractivity contribution is -0.131. The first-order chi connectivity index (χ1) is 12.4. The monoisotopic (exact) mass is 394 g/mol. The van der Waals surface area contributed by atoms with Crippen molar-refractivity contribution in [1.82, 2.24) is 10.2 Å². The summed E-state index contributed by atoms with van der Waals surface area (Å²) in [7, 11) is 0. The zero-order valence-corrected chi connectivity index (χ0v) is 15.9. The Bertz CT molecular complexity index is 811. The van der Waals surface area contributed by atoms with Gasteiger partial charge in [0.25, 0.3) is 5.91 Å². The van der Waals surface area contributed by atoms with Crippen LogP contribution in [0.5, 0.6) is 0 Å². The lowest BCUT2D eigenvalue weighted by Gasteiger charge is -2.32. The summed E-state index contributed by atoms with van der Waals surface area (Å²) in [4.78, 5) is 26.5. The van der Waals surface area contributed by atoms with Gasteiger partial charge in [-0.15, -0.1) is 0 Å². The summed E-state index contributed by atoms with van der Waals surface area (Å²) >= 11 is 11.9. The number of likely N-dealkylation sites (tertiary alicyclic amines) is 1. The van der Waals surface area contributed by atoms with Gasteiger partial charge in [0.15, 0.2) is 5.76 Å². The average molecular weight is 395 g/mol. The zero-order chi connectivity index (χ0) is 18.7. The van der Waals surface area contributed by atoms with Crippen LogP contribution in [0.25, 0.3) is 0 Å². The molecule has 5 nitrogen and oxygen atoms in total. The molecular formula is C19H20Cl2N2O3. The number of benzene rings is 1. The van der Waals surface area contributed by atoms with E-state index < -0.39 is 0 Å². The first-order valence-corrected chi connectivity index (χ1v) is 9.26. The molecule has 0 aliphatic carbocycles. The van der Waals surface area contributed by atoms with Crippen LogP contribution in [0, 0.1) is 6.92 Å². The number of nitrogens with one attached hydrogen (secondary N) is 1. The van der Waals surface area contributed by atoms with E-state index in [9.17, 15) is 9.59 Å². The SMILES string of the molecule is Cc1ccoc1C(=O)NC1CCN(C(=O)Cc2ccc(Cl)c(Cl)c2)CC1. The van der Waals surface area contributed by atoms with Crippen LogP contribution in [-0.4, -0.2) is 35.8 Å². The van der Waals surface area contributed by atoms with Gasteiger partial charge >= 0.3 is 0 Å². The van der Waals surface area contributed by atoms with Gasteiger partial charge in [-0.3, -0.25) is 9.59 Å². The van der Waals surface area contributed by atoms with Gasteiger partial charge in [-0.05, 0) is 43.5 Å². The second-order valence-electron chi connectivity index (χ2n) is 6.49. The lowest BCUT2D eigenvalue weighted by Crippen LogP contribution is -2.47. The molecule has 1 aromatic heterocycles. The highest BCUT2D eigenvalue weighted by atomic mass is 35.5. The van der Waals surface area contributed by atoms with Crippen LogP contribution in [-0.2, 0) is 11.2 Å². The Morgan fingerprint density at radius 3 is 2.54 bits per heavy atom. The molecule has 1 fully saturated rings. The summed E-state index contributed by atoms with van der Waals surface area (Å²) in [6, 6.07) is 7.04. The van der Waals surface area contributed by atoms with Crippen molar-refractivity contribution in [2.45, 2.75) is 32.2 Å². The lowest BCUT2D eigenvalue weighted by atomic mass is 10.0. The number of rotatable bonds is 4. The minimum absolute atomic E-state index is 0.0426.